The van der Waals surface area contributed by atoms with Crippen LogP contribution >= 0.6 is 0 Å². The molecule has 0 aromatic heterocycles. The summed E-state index contributed by atoms with van der Waals surface area (Å²) in [5, 5.41) is 3.15. The SMILES string of the molecule is CCCCCCCCCC(=O)NC(CCN)C(C)(C)C. The molecule has 0 aliphatic carbocycles. The molecule has 3 nitrogen and oxygen atoms in total. The van der Waals surface area contributed by atoms with Gasteiger partial charge in [0.2, 0.25) is 5.91 Å². The minimum atomic E-state index is 0.0786. The van der Waals surface area contributed by atoms with Gasteiger partial charge in [-0.25, -0.2) is 0 Å². The van der Waals surface area contributed by atoms with Crippen molar-refractivity contribution in [1.82, 2.24) is 5.32 Å². The Morgan fingerprint density at radius 2 is 1.60 bits per heavy atom. The van der Waals surface area contributed by atoms with Gasteiger partial charge in [-0.3, -0.25) is 4.79 Å². The number of unbranched alkanes of at least 4 members (excludes halogenated alkanes) is 6. The maximum absolute atomic E-state index is 12.0. The zero-order chi connectivity index (χ0) is 15.4. The molecule has 0 heterocycles. The highest BCUT2D eigenvalue weighted by atomic mass is 16.1. The molecule has 0 aliphatic heterocycles. The van der Waals surface area contributed by atoms with E-state index in [1.807, 2.05) is 0 Å². The summed E-state index contributed by atoms with van der Waals surface area (Å²) in [6.45, 7) is 9.32. The molecular weight excluding hydrogens is 248 g/mol. The summed E-state index contributed by atoms with van der Waals surface area (Å²) in [5.41, 5.74) is 5.71. The average Bonchev–Trinajstić information content (AvgIpc) is 2.36. The van der Waals surface area contributed by atoms with Gasteiger partial charge in [0.15, 0.2) is 0 Å². The van der Waals surface area contributed by atoms with Gasteiger partial charge in [0.05, 0.1) is 0 Å². The van der Waals surface area contributed by atoms with Crippen molar-refractivity contribution in [3.05, 3.63) is 0 Å². The molecule has 0 bridgehead atoms. The third-order valence-electron chi connectivity index (χ3n) is 3.84. The van der Waals surface area contributed by atoms with Crippen LogP contribution in [0.3, 0.4) is 0 Å². The maximum atomic E-state index is 12.0. The number of hydrogen-bond donors (Lipinski definition) is 2. The molecule has 0 rings (SSSR count). The van der Waals surface area contributed by atoms with Crippen molar-refractivity contribution in [3.8, 4) is 0 Å². The summed E-state index contributed by atoms with van der Waals surface area (Å²) in [6, 6.07) is 0.185. The van der Waals surface area contributed by atoms with E-state index in [0.717, 1.165) is 12.8 Å². The topological polar surface area (TPSA) is 55.1 Å². The van der Waals surface area contributed by atoms with Gasteiger partial charge >= 0.3 is 0 Å². The second kappa shape index (κ2) is 11.1. The number of carbonyl (C=O) groups is 1. The average molecular weight is 284 g/mol. The predicted octanol–water partition coefficient (Wildman–Crippen LogP) is 4.01. The second-order valence-electron chi connectivity index (χ2n) is 6.93. The Morgan fingerprint density at radius 1 is 1.05 bits per heavy atom. The summed E-state index contributed by atoms with van der Waals surface area (Å²) >= 11 is 0. The van der Waals surface area contributed by atoms with Crippen LogP contribution in [0.5, 0.6) is 0 Å². The van der Waals surface area contributed by atoms with Gasteiger partial charge in [-0.05, 0) is 24.8 Å². The Morgan fingerprint density at radius 3 is 2.10 bits per heavy atom. The van der Waals surface area contributed by atoms with Gasteiger partial charge in [-0.1, -0.05) is 66.2 Å². The molecule has 1 atom stereocenters. The fourth-order valence-electron chi connectivity index (χ4n) is 2.40. The highest BCUT2D eigenvalue weighted by Crippen LogP contribution is 2.21. The first kappa shape index (κ1) is 19.4. The van der Waals surface area contributed by atoms with E-state index >= 15 is 0 Å². The Hall–Kier alpha value is -0.570. The summed E-state index contributed by atoms with van der Waals surface area (Å²) in [5.74, 6) is 0.187. The third-order valence-corrected chi connectivity index (χ3v) is 3.84. The van der Waals surface area contributed by atoms with Crippen molar-refractivity contribution in [1.29, 1.82) is 0 Å². The summed E-state index contributed by atoms with van der Waals surface area (Å²) in [7, 11) is 0. The molecule has 0 aromatic carbocycles. The Balaban J connectivity index is 3.75. The number of nitrogens with two attached hydrogens (primary N) is 1. The highest BCUT2D eigenvalue weighted by Gasteiger charge is 2.25. The molecule has 120 valence electrons. The molecule has 0 aromatic rings. The van der Waals surface area contributed by atoms with Crippen LogP contribution in [0, 0.1) is 5.41 Å². The van der Waals surface area contributed by atoms with Gasteiger partial charge in [-0.2, -0.15) is 0 Å². The van der Waals surface area contributed by atoms with E-state index in [1.54, 1.807) is 0 Å². The molecule has 3 heteroatoms. The summed E-state index contributed by atoms with van der Waals surface area (Å²) in [6.07, 6.45) is 10.2. The minimum Gasteiger partial charge on any atom is -0.353 e. The van der Waals surface area contributed by atoms with E-state index in [-0.39, 0.29) is 17.4 Å². The van der Waals surface area contributed by atoms with Crippen LogP contribution in [-0.2, 0) is 4.79 Å². The first-order valence-electron chi connectivity index (χ1n) is 8.41. The van der Waals surface area contributed by atoms with E-state index in [1.165, 1.54) is 38.5 Å². The van der Waals surface area contributed by atoms with Crippen molar-refractivity contribution >= 4 is 5.91 Å². The number of amides is 1. The van der Waals surface area contributed by atoms with Crippen LogP contribution in [0.25, 0.3) is 0 Å². The fourth-order valence-corrected chi connectivity index (χ4v) is 2.40. The van der Waals surface area contributed by atoms with Crippen molar-refractivity contribution in [2.75, 3.05) is 6.54 Å². The maximum Gasteiger partial charge on any atom is 0.220 e. The van der Waals surface area contributed by atoms with E-state index in [2.05, 4.69) is 33.0 Å². The van der Waals surface area contributed by atoms with Gasteiger partial charge in [0, 0.05) is 12.5 Å². The van der Waals surface area contributed by atoms with Crippen molar-refractivity contribution in [2.45, 2.75) is 91.5 Å². The smallest absolute Gasteiger partial charge is 0.220 e. The molecule has 0 radical (unpaired) electrons. The lowest BCUT2D eigenvalue weighted by Crippen LogP contribution is -2.44. The Kier molecular flexibility index (Phi) is 10.8. The molecule has 0 spiro atoms. The molecule has 20 heavy (non-hydrogen) atoms. The van der Waals surface area contributed by atoms with Crippen LogP contribution in [0.15, 0.2) is 0 Å². The summed E-state index contributed by atoms with van der Waals surface area (Å²) in [4.78, 5) is 12.0. The number of rotatable bonds is 11. The van der Waals surface area contributed by atoms with Crippen LogP contribution in [0.2, 0.25) is 0 Å². The second-order valence-corrected chi connectivity index (χ2v) is 6.93. The molecule has 1 amide bonds. The quantitative estimate of drug-likeness (QED) is 0.563. The monoisotopic (exact) mass is 284 g/mol. The molecule has 0 aliphatic rings. The normalized spacial score (nSPS) is 13.2. The molecule has 0 saturated carbocycles. The van der Waals surface area contributed by atoms with Crippen molar-refractivity contribution < 1.29 is 4.79 Å². The number of nitrogens with one attached hydrogen (secondary N) is 1. The van der Waals surface area contributed by atoms with Crippen molar-refractivity contribution in [2.24, 2.45) is 11.1 Å². The van der Waals surface area contributed by atoms with E-state index < -0.39 is 0 Å². The Labute approximate surface area is 126 Å². The number of hydrogen-bond acceptors (Lipinski definition) is 2. The lowest BCUT2D eigenvalue weighted by Gasteiger charge is -2.31. The van der Waals surface area contributed by atoms with Crippen LogP contribution < -0.4 is 11.1 Å². The van der Waals surface area contributed by atoms with Gasteiger partial charge in [0.1, 0.15) is 0 Å². The molecule has 0 saturated heterocycles. The molecule has 1 unspecified atom stereocenters. The van der Waals surface area contributed by atoms with E-state index in [0.29, 0.717) is 13.0 Å². The first-order chi connectivity index (χ1) is 9.41. The summed E-state index contributed by atoms with van der Waals surface area (Å²) < 4.78 is 0. The largest absolute Gasteiger partial charge is 0.353 e. The zero-order valence-corrected chi connectivity index (χ0v) is 14.1. The minimum absolute atomic E-state index is 0.0786. The standard InChI is InChI=1S/C17H36N2O/c1-5-6-7-8-9-10-11-12-16(20)19-15(13-14-18)17(2,3)4/h15H,5-14,18H2,1-4H3,(H,19,20). The van der Waals surface area contributed by atoms with Gasteiger partial charge in [-0.15, -0.1) is 0 Å². The van der Waals surface area contributed by atoms with Gasteiger partial charge < -0.3 is 11.1 Å². The van der Waals surface area contributed by atoms with Crippen LogP contribution in [-0.4, -0.2) is 18.5 Å². The number of carbonyl (C=O) groups excluding carboxylic acids is 1. The molecule has 3 N–H and O–H groups in total. The van der Waals surface area contributed by atoms with Crippen LogP contribution in [0.4, 0.5) is 0 Å². The van der Waals surface area contributed by atoms with Crippen LogP contribution in [0.1, 0.15) is 85.5 Å². The third kappa shape index (κ3) is 10.2. The first-order valence-corrected chi connectivity index (χ1v) is 8.41. The lowest BCUT2D eigenvalue weighted by atomic mass is 9.84. The molecule has 0 fully saturated rings. The lowest BCUT2D eigenvalue weighted by molar-refractivity contribution is -0.122. The van der Waals surface area contributed by atoms with Gasteiger partial charge in [0.25, 0.3) is 0 Å². The zero-order valence-electron chi connectivity index (χ0n) is 14.1. The predicted molar refractivity (Wildman–Crippen MR) is 87.7 cm³/mol. The molecular formula is C17H36N2O. The Bertz CT molecular complexity index is 246. The van der Waals surface area contributed by atoms with Crippen molar-refractivity contribution in [3.63, 3.8) is 0 Å². The van der Waals surface area contributed by atoms with E-state index in [9.17, 15) is 4.79 Å². The van der Waals surface area contributed by atoms with E-state index in [4.69, 9.17) is 5.73 Å². The highest BCUT2D eigenvalue weighted by molar-refractivity contribution is 5.76. The fraction of sp³-hybridized carbons (Fsp3) is 0.941.